The third-order valence-electron chi connectivity index (χ3n) is 4.60. The van der Waals surface area contributed by atoms with Crippen LogP contribution >= 0.6 is 0 Å². The molecule has 0 saturated heterocycles. The van der Waals surface area contributed by atoms with Gasteiger partial charge in [0.2, 0.25) is 0 Å². The first kappa shape index (κ1) is 20.1. The van der Waals surface area contributed by atoms with Crippen LogP contribution in [0.15, 0.2) is 24.3 Å². The van der Waals surface area contributed by atoms with E-state index in [0.29, 0.717) is 5.75 Å². The highest BCUT2D eigenvalue weighted by molar-refractivity contribution is 5.90. The fourth-order valence-electron chi connectivity index (χ4n) is 3.10. The molecule has 5 nitrogen and oxygen atoms in total. The van der Waals surface area contributed by atoms with Crippen molar-refractivity contribution in [2.24, 2.45) is 5.92 Å². The van der Waals surface area contributed by atoms with Crippen LogP contribution in [0.25, 0.3) is 0 Å². The predicted octanol–water partition coefficient (Wildman–Crippen LogP) is 4.30. The van der Waals surface area contributed by atoms with Gasteiger partial charge in [-0.1, -0.05) is 13.8 Å². The minimum atomic E-state index is -4.16. The van der Waals surface area contributed by atoms with Crippen LogP contribution < -0.4 is 4.74 Å². The van der Waals surface area contributed by atoms with Crippen molar-refractivity contribution in [2.75, 3.05) is 0 Å². The summed E-state index contributed by atoms with van der Waals surface area (Å²) < 4.78 is 38.3. The zero-order valence-corrected chi connectivity index (χ0v) is 15.1. The van der Waals surface area contributed by atoms with Crippen molar-refractivity contribution >= 4 is 11.9 Å². The summed E-state index contributed by atoms with van der Waals surface area (Å²) in [4.78, 5) is 22.9. The van der Waals surface area contributed by atoms with Gasteiger partial charge in [-0.3, -0.25) is 0 Å². The molecule has 1 atom stereocenters. The lowest BCUT2D eigenvalue weighted by Gasteiger charge is -2.27. The van der Waals surface area contributed by atoms with E-state index in [1.54, 1.807) is 12.1 Å². The molecule has 0 spiro atoms. The molecule has 1 aliphatic rings. The Morgan fingerprint density at radius 1 is 1.15 bits per heavy atom. The third kappa shape index (κ3) is 4.51. The summed E-state index contributed by atoms with van der Waals surface area (Å²) in [5, 5.41) is 8.68. The summed E-state index contributed by atoms with van der Waals surface area (Å²) in [5.41, 5.74) is -0.172. The molecule has 0 radical (unpaired) electrons. The van der Waals surface area contributed by atoms with Crippen LogP contribution in [-0.4, -0.2) is 34.7 Å². The summed E-state index contributed by atoms with van der Waals surface area (Å²) in [6.45, 7) is 4.77. The average Bonchev–Trinajstić information content (AvgIpc) is 2.98. The zero-order valence-electron chi connectivity index (χ0n) is 15.1. The summed E-state index contributed by atoms with van der Waals surface area (Å²) in [7, 11) is 0. The van der Waals surface area contributed by atoms with E-state index in [-0.39, 0.29) is 11.2 Å². The van der Waals surface area contributed by atoms with Crippen molar-refractivity contribution in [3.8, 4) is 5.75 Å². The molecule has 0 heterocycles. The molecular weight excluding hydrogens is 346 g/mol. The van der Waals surface area contributed by atoms with Crippen molar-refractivity contribution in [3.05, 3.63) is 29.8 Å². The van der Waals surface area contributed by atoms with Gasteiger partial charge in [0, 0.05) is 0 Å². The van der Waals surface area contributed by atoms with Crippen LogP contribution in [0.1, 0.15) is 56.8 Å². The molecule has 0 amide bonds. The lowest BCUT2D eigenvalue weighted by atomic mass is 10.0. The van der Waals surface area contributed by atoms with Crippen LogP contribution in [0.4, 0.5) is 8.78 Å². The maximum absolute atomic E-state index is 13.8. The quantitative estimate of drug-likeness (QED) is 0.725. The van der Waals surface area contributed by atoms with Crippen molar-refractivity contribution in [1.82, 2.24) is 0 Å². The van der Waals surface area contributed by atoms with Crippen LogP contribution in [0.5, 0.6) is 5.75 Å². The third-order valence-corrected chi connectivity index (χ3v) is 4.60. The molecule has 144 valence electrons. The molecular formula is C19H24F2O5. The van der Waals surface area contributed by atoms with Crippen LogP contribution in [0, 0.1) is 5.92 Å². The number of hydrogen-bond acceptors (Lipinski definition) is 4. The van der Waals surface area contributed by atoms with Crippen molar-refractivity contribution in [3.63, 3.8) is 0 Å². The van der Waals surface area contributed by atoms with E-state index in [1.165, 1.54) is 26.0 Å². The minimum absolute atomic E-state index is 0.0563. The molecule has 1 fully saturated rings. The van der Waals surface area contributed by atoms with E-state index >= 15 is 0 Å². The van der Waals surface area contributed by atoms with Crippen molar-refractivity contribution in [1.29, 1.82) is 0 Å². The summed E-state index contributed by atoms with van der Waals surface area (Å²) in [6, 6.07) is 6.01. The van der Waals surface area contributed by atoms with Gasteiger partial charge in [0.15, 0.2) is 6.10 Å². The molecule has 2 rings (SSSR count). The normalized spacial score (nSPS) is 17.8. The lowest BCUT2D eigenvalue weighted by molar-refractivity contribution is -0.187. The summed E-state index contributed by atoms with van der Waals surface area (Å²) in [6.07, 6.45) is 2.07. The number of halogens is 2. The number of esters is 1. The zero-order chi connectivity index (χ0) is 19.5. The van der Waals surface area contributed by atoms with E-state index in [9.17, 15) is 18.4 Å². The second-order valence-corrected chi connectivity index (χ2v) is 7.28. The van der Waals surface area contributed by atoms with Crippen LogP contribution in [0.2, 0.25) is 0 Å². The topological polar surface area (TPSA) is 72.8 Å². The Kier molecular flexibility index (Phi) is 5.88. The number of alkyl halides is 2. The second kappa shape index (κ2) is 7.60. The Labute approximate surface area is 151 Å². The maximum Gasteiger partial charge on any atom is 0.378 e. The first-order valence-electron chi connectivity index (χ1n) is 8.66. The van der Waals surface area contributed by atoms with Gasteiger partial charge in [-0.05, 0) is 62.8 Å². The van der Waals surface area contributed by atoms with Gasteiger partial charge in [-0.2, -0.15) is 8.78 Å². The number of carbonyl (C=O) groups excluding carboxylic acids is 1. The SMILES string of the molecule is CC(C)C(OC(=O)c1ccc(OC2(C)CCCC2)cc1)C(F)(F)C(=O)O. The molecule has 1 aromatic carbocycles. The highest BCUT2D eigenvalue weighted by Gasteiger charge is 2.51. The molecule has 0 aliphatic heterocycles. The molecule has 7 heteroatoms. The van der Waals surface area contributed by atoms with Gasteiger partial charge in [0.1, 0.15) is 11.4 Å². The average molecular weight is 370 g/mol. The minimum Gasteiger partial charge on any atom is -0.488 e. The number of benzene rings is 1. The number of ether oxygens (including phenoxy) is 2. The highest BCUT2D eigenvalue weighted by atomic mass is 19.3. The summed E-state index contributed by atoms with van der Waals surface area (Å²) >= 11 is 0. The fraction of sp³-hybridized carbons (Fsp3) is 0.579. The van der Waals surface area contributed by atoms with Gasteiger partial charge in [0.05, 0.1) is 5.56 Å². The Morgan fingerprint density at radius 3 is 2.15 bits per heavy atom. The maximum atomic E-state index is 13.8. The molecule has 26 heavy (non-hydrogen) atoms. The number of carboxylic acid groups (broad SMARTS) is 1. The van der Waals surface area contributed by atoms with E-state index in [4.69, 9.17) is 14.6 Å². The van der Waals surface area contributed by atoms with E-state index in [0.717, 1.165) is 25.7 Å². The van der Waals surface area contributed by atoms with Crippen LogP contribution in [-0.2, 0) is 9.53 Å². The number of hydrogen-bond donors (Lipinski definition) is 1. The fourth-order valence-corrected chi connectivity index (χ4v) is 3.10. The molecule has 1 aromatic rings. The van der Waals surface area contributed by atoms with Gasteiger partial charge >= 0.3 is 17.9 Å². The number of carbonyl (C=O) groups is 2. The molecule has 1 saturated carbocycles. The van der Waals surface area contributed by atoms with Gasteiger partial charge in [0.25, 0.3) is 0 Å². The molecule has 1 N–H and O–H groups in total. The lowest BCUT2D eigenvalue weighted by Crippen LogP contribution is -2.47. The first-order valence-corrected chi connectivity index (χ1v) is 8.66. The van der Waals surface area contributed by atoms with Crippen LogP contribution in [0.3, 0.4) is 0 Å². The first-order chi connectivity index (χ1) is 12.0. The molecule has 1 aliphatic carbocycles. The highest BCUT2D eigenvalue weighted by Crippen LogP contribution is 2.34. The standard InChI is InChI=1S/C19H24F2O5/c1-12(2)15(19(20,21)17(23)24)25-16(22)13-6-8-14(9-7-13)26-18(3)10-4-5-11-18/h6-9,12,15H,4-5,10-11H2,1-3H3,(H,23,24). The van der Waals surface area contributed by atoms with E-state index in [1.807, 2.05) is 6.92 Å². The van der Waals surface area contributed by atoms with Crippen molar-refractivity contribution in [2.45, 2.75) is 64.1 Å². The van der Waals surface area contributed by atoms with E-state index < -0.39 is 29.9 Å². The van der Waals surface area contributed by atoms with Gasteiger partial charge < -0.3 is 14.6 Å². The number of rotatable bonds is 7. The second-order valence-electron chi connectivity index (χ2n) is 7.28. The Morgan fingerprint density at radius 2 is 1.69 bits per heavy atom. The smallest absolute Gasteiger partial charge is 0.378 e. The summed E-state index contributed by atoms with van der Waals surface area (Å²) in [5.74, 6) is -7.76. The molecule has 0 aromatic heterocycles. The monoisotopic (exact) mass is 370 g/mol. The van der Waals surface area contributed by atoms with Gasteiger partial charge in [-0.25, -0.2) is 9.59 Å². The largest absolute Gasteiger partial charge is 0.488 e. The molecule has 1 unspecified atom stereocenters. The Bertz CT molecular complexity index is 648. The Balaban J connectivity index is 2.08. The van der Waals surface area contributed by atoms with Crippen molar-refractivity contribution < 1.29 is 33.0 Å². The predicted molar refractivity (Wildman–Crippen MR) is 90.6 cm³/mol. The Hall–Kier alpha value is -2.18. The number of aliphatic carboxylic acids is 1. The molecule has 0 bridgehead atoms. The van der Waals surface area contributed by atoms with E-state index in [2.05, 4.69) is 0 Å². The van der Waals surface area contributed by atoms with Gasteiger partial charge in [-0.15, -0.1) is 0 Å². The number of carboxylic acids is 1.